The fourth-order valence-corrected chi connectivity index (χ4v) is 3.12. The van der Waals surface area contributed by atoms with Crippen LogP contribution in [0.4, 0.5) is 0 Å². The summed E-state index contributed by atoms with van der Waals surface area (Å²) in [6, 6.07) is 0. The molecule has 0 spiro atoms. The Labute approximate surface area is 152 Å². The SMILES string of the molecule is CC(C)CCCCCCCCCCOC1O[C@H](CO)[C@@H](O)[C@H](O)[C@H]1O. The van der Waals surface area contributed by atoms with Gasteiger partial charge in [0.2, 0.25) is 0 Å². The maximum absolute atomic E-state index is 9.86. The van der Waals surface area contributed by atoms with Crippen LogP contribution in [-0.4, -0.2) is 64.3 Å². The summed E-state index contributed by atoms with van der Waals surface area (Å²) in [6.07, 6.45) is 5.01. The minimum absolute atomic E-state index is 0.428. The van der Waals surface area contributed by atoms with Gasteiger partial charge in [-0.15, -0.1) is 0 Å². The fourth-order valence-electron chi connectivity index (χ4n) is 3.12. The Hall–Kier alpha value is -0.240. The predicted octanol–water partition coefficient (Wildman–Crippen LogP) is 1.97. The number of rotatable bonds is 13. The Morgan fingerprint density at radius 2 is 1.36 bits per heavy atom. The molecule has 0 aromatic carbocycles. The van der Waals surface area contributed by atoms with Gasteiger partial charge in [0.05, 0.1) is 6.61 Å². The summed E-state index contributed by atoms with van der Waals surface area (Å²) in [5.41, 5.74) is 0. The topological polar surface area (TPSA) is 99.4 Å². The summed E-state index contributed by atoms with van der Waals surface area (Å²) < 4.78 is 10.8. The van der Waals surface area contributed by atoms with Crippen molar-refractivity contribution in [2.75, 3.05) is 13.2 Å². The number of hydrogen-bond donors (Lipinski definition) is 4. The molecule has 0 aromatic heterocycles. The van der Waals surface area contributed by atoms with E-state index < -0.39 is 37.3 Å². The molecule has 1 unspecified atom stereocenters. The van der Waals surface area contributed by atoms with Crippen LogP contribution < -0.4 is 0 Å². The third kappa shape index (κ3) is 8.80. The lowest BCUT2D eigenvalue weighted by Gasteiger charge is -2.39. The van der Waals surface area contributed by atoms with Gasteiger partial charge in [0.25, 0.3) is 0 Å². The van der Waals surface area contributed by atoms with Crippen molar-refractivity contribution in [3.8, 4) is 0 Å². The van der Waals surface area contributed by atoms with Gasteiger partial charge in [-0.1, -0.05) is 65.2 Å². The van der Waals surface area contributed by atoms with Crippen molar-refractivity contribution in [1.82, 2.24) is 0 Å². The summed E-state index contributed by atoms with van der Waals surface area (Å²) in [4.78, 5) is 0. The van der Waals surface area contributed by atoms with Crippen LogP contribution >= 0.6 is 0 Å². The molecule has 5 atom stereocenters. The van der Waals surface area contributed by atoms with E-state index in [-0.39, 0.29) is 0 Å². The molecule has 1 aliphatic heterocycles. The van der Waals surface area contributed by atoms with Crippen molar-refractivity contribution >= 4 is 0 Å². The average Bonchev–Trinajstić information content (AvgIpc) is 2.59. The Morgan fingerprint density at radius 3 is 1.92 bits per heavy atom. The maximum Gasteiger partial charge on any atom is 0.186 e. The van der Waals surface area contributed by atoms with E-state index in [0.717, 1.165) is 18.8 Å². The van der Waals surface area contributed by atoms with E-state index in [4.69, 9.17) is 14.6 Å². The highest BCUT2D eigenvalue weighted by Crippen LogP contribution is 2.22. The molecule has 1 fully saturated rings. The second kappa shape index (κ2) is 13.0. The van der Waals surface area contributed by atoms with E-state index in [1.54, 1.807) is 0 Å². The molecule has 0 radical (unpaired) electrons. The zero-order valence-electron chi connectivity index (χ0n) is 15.8. The van der Waals surface area contributed by atoms with E-state index in [2.05, 4.69) is 13.8 Å². The molecule has 0 aromatic rings. The average molecular weight is 363 g/mol. The van der Waals surface area contributed by atoms with Crippen LogP contribution in [0.3, 0.4) is 0 Å². The maximum atomic E-state index is 9.86. The summed E-state index contributed by atoms with van der Waals surface area (Å²) >= 11 is 0. The second-order valence-electron chi connectivity index (χ2n) is 7.58. The van der Waals surface area contributed by atoms with E-state index in [1.807, 2.05) is 0 Å². The number of aliphatic hydroxyl groups excluding tert-OH is 4. The quantitative estimate of drug-likeness (QED) is 0.374. The number of aliphatic hydroxyl groups is 4. The van der Waals surface area contributed by atoms with Crippen LogP contribution in [-0.2, 0) is 9.47 Å². The van der Waals surface area contributed by atoms with Gasteiger partial charge in [0.1, 0.15) is 24.4 Å². The van der Waals surface area contributed by atoms with Crippen LogP contribution in [0.15, 0.2) is 0 Å². The van der Waals surface area contributed by atoms with Gasteiger partial charge >= 0.3 is 0 Å². The standard InChI is InChI=1S/C19H38O6/c1-14(2)11-9-7-5-3-4-6-8-10-12-24-19-18(23)17(22)16(21)15(13-20)25-19/h14-23H,3-13H2,1-2H3/t15-,16-,17+,18-,19?/m1/s1. The molecule has 1 saturated heterocycles. The molecule has 1 aliphatic rings. The molecule has 4 N–H and O–H groups in total. The Kier molecular flexibility index (Phi) is 11.9. The highest BCUT2D eigenvalue weighted by atomic mass is 16.7. The predicted molar refractivity (Wildman–Crippen MR) is 96.1 cm³/mol. The molecule has 6 nitrogen and oxygen atoms in total. The first-order valence-corrected chi connectivity index (χ1v) is 9.89. The molecule has 0 amide bonds. The first-order valence-electron chi connectivity index (χ1n) is 9.89. The van der Waals surface area contributed by atoms with E-state index in [1.165, 1.54) is 44.9 Å². The summed E-state index contributed by atoms with van der Waals surface area (Å²) in [5, 5.41) is 38.4. The third-order valence-electron chi connectivity index (χ3n) is 4.81. The largest absolute Gasteiger partial charge is 0.394 e. The highest BCUT2D eigenvalue weighted by molar-refractivity contribution is 4.88. The smallest absolute Gasteiger partial charge is 0.186 e. The Balaban J connectivity index is 2.00. The molecule has 1 rings (SSSR count). The van der Waals surface area contributed by atoms with Crippen molar-refractivity contribution in [2.45, 2.75) is 102 Å². The molecule has 0 saturated carbocycles. The lowest BCUT2D eigenvalue weighted by Crippen LogP contribution is -2.59. The van der Waals surface area contributed by atoms with Crippen LogP contribution in [0, 0.1) is 5.92 Å². The van der Waals surface area contributed by atoms with Crippen molar-refractivity contribution in [3.05, 3.63) is 0 Å². The lowest BCUT2D eigenvalue weighted by molar-refractivity contribution is -0.301. The van der Waals surface area contributed by atoms with Crippen molar-refractivity contribution in [2.24, 2.45) is 5.92 Å². The molecule has 0 bridgehead atoms. The van der Waals surface area contributed by atoms with Gasteiger partial charge in [-0.05, 0) is 12.3 Å². The molecule has 150 valence electrons. The Bertz CT molecular complexity index is 323. The summed E-state index contributed by atoms with van der Waals surface area (Å²) in [5.74, 6) is 0.809. The number of hydrogen-bond acceptors (Lipinski definition) is 6. The normalized spacial score (nSPS) is 30.1. The molecule has 25 heavy (non-hydrogen) atoms. The summed E-state index contributed by atoms with van der Waals surface area (Å²) in [6.45, 7) is 4.54. The van der Waals surface area contributed by atoms with Gasteiger partial charge in [-0.2, -0.15) is 0 Å². The molecular formula is C19H38O6. The van der Waals surface area contributed by atoms with Crippen LogP contribution in [0.2, 0.25) is 0 Å². The van der Waals surface area contributed by atoms with Crippen LogP contribution in [0.25, 0.3) is 0 Å². The second-order valence-corrected chi connectivity index (χ2v) is 7.58. The van der Waals surface area contributed by atoms with E-state index in [9.17, 15) is 15.3 Å². The number of ether oxygens (including phenoxy) is 2. The van der Waals surface area contributed by atoms with Crippen LogP contribution in [0.1, 0.15) is 71.6 Å². The highest BCUT2D eigenvalue weighted by Gasteiger charge is 2.43. The minimum Gasteiger partial charge on any atom is -0.394 e. The number of unbranched alkanes of at least 4 members (excludes halogenated alkanes) is 7. The van der Waals surface area contributed by atoms with Crippen LogP contribution in [0.5, 0.6) is 0 Å². The molecule has 6 heteroatoms. The lowest BCUT2D eigenvalue weighted by atomic mass is 9.99. The zero-order valence-corrected chi connectivity index (χ0v) is 15.8. The first kappa shape index (κ1) is 22.8. The van der Waals surface area contributed by atoms with Gasteiger partial charge in [0.15, 0.2) is 6.29 Å². The van der Waals surface area contributed by atoms with Crippen molar-refractivity contribution in [3.63, 3.8) is 0 Å². The Morgan fingerprint density at radius 1 is 0.800 bits per heavy atom. The molecule has 0 aliphatic carbocycles. The van der Waals surface area contributed by atoms with Crippen molar-refractivity contribution in [1.29, 1.82) is 0 Å². The van der Waals surface area contributed by atoms with E-state index >= 15 is 0 Å². The van der Waals surface area contributed by atoms with Gasteiger partial charge in [-0.3, -0.25) is 0 Å². The third-order valence-corrected chi connectivity index (χ3v) is 4.81. The van der Waals surface area contributed by atoms with Gasteiger partial charge < -0.3 is 29.9 Å². The molecular weight excluding hydrogens is 324 g/mol. The fraction of sp³-hybridized carbons (Fsp3) is 1.00. The van der Waals surface area contributed by atoms with E-state index in [0.29, 0.717) is 6.61 Å². The first-order chi connectivity index (χ1) is 12.0. The zero-order chi connectivity index (χ0) is 18.7. The monoisotopic (exact) mass is 362 g/mol. The van der Waals surface area contributed by atoms with Gasteiger partial charge in [-0.25, -0.2) is 0 Å². The minimum atomic E-state index is -1.37. The molecule has 1 heterocycles. The summed E-state index contributed by atoms with van der Waals surface area (Å²) in [7, 11) is 0. The van der Waals surface area contributed by atoms with Gasteiger partial charge in [0, 0.05) is 6.61 Å². The van der Waals surface area contributed by atoms with Crippen molar-refractivity contribution < 1.29 is 29.9 Å².